The van der Waals surface area contributed by atoms with Gasteiger partial charge in [0.05, 0.1) is 26.3 Å². The smallest absolute Gasteiger partial charge is 0.408 e. The zero-order chi connectivity index (χ0) is 44.2. The van der Waals surface area contributed by atoms with E-state index in [9.17, 15) is 53.4 Å². The van der Waals surface area contributed by atoms with E-state index in [2.05, 4.69) is 46.9 Å². The van der Waals surface area contributed by atoms with Crippen LogP contribution in [0.5, 0.6) is 0 Å². The largest absolute Gasteiger partial charge is 0.481 e. The minimum atomic E-state index is -1.76. The monoisotopic (exact) mass is 825 g/mol. The zero-order valence-corrected chi connectivity index (χ0v) is 33.2. The van der Waals surface area contributed by atoms with Crippen molar-refractivity contribution < 1.29 is 62.8 Å². The Morgan fingerprint density at radius 3 is 1.83 bits per heavy atom. The summed E-state index contributed by atoms with van der Waals surface area (Å²) in [6.07, 6.45) is -0.539. The fraction of sp³-hybridized carbons (Fsp3) is 0.618. The fourth-order valence-corrected chi connectivity index (χ4v) is 4.99. The molecule has 0 radical (unpaired) electrons. The molecular formula is C34H55N11O13. The number of aromatic nitrogens is 2. The Bertz CT molecular complexity index is 1620. The van der Waals surface area contributed by atoms with Crippen LogP contribution in [0.2, 0.25) is 0 Å². The lowest BCUT2D eigenvalue weighted by Gasteiger charge is -2.26. The van der Waals surface area contributed by atoms with E-state index in [1.165, 1.54) is 12.5 Å². The van der Waals surface area contributed by atoms with E-state index in [1.54, 1.807) is 34.6 Å². The van der Waals surface area contributed by atoms with E-state index in [0.29, 0.717) is 5.69 Å². The number of methoxy groups -OCH3 is 1. The molecule has 0 bridgehead atoms. The molecule has 1 aromatic rings. The molecule has 0 aliphatic carbocycles. The predicted octanol–water partition coefficient (Wildman–Crippen LogP) is -2.88. The van der Waals surface area contributed by atoms with Gasteiger partial charge in [-0.1, -0.05) is 13.8 Å². The van der Waals surface area contributed by atoms with Crippen molar-refractivity contribution >= 4 is 59.5 Å². The number of nitrogens with two attached hydrogens (primary N) is 2. The summed E-state index contributed by atoms with van der Waals surface area (Å²) in [5.74, 6) is -9.37. The molecule has 1 rings (SSSR count). The molecule has 13 N–H and O–H groups in total. The van der Waals surface area contributed by atoms with Gasteiger partial charge in [0.25, 0.3) is 0 Å². The summed E-state index contributed by atoms with van der Waals surface area (Å²) in [7, 11) is 1.10. The highest BCUT2D eigenvalue weighted by molar-refractivity contribution is 5.98. The third-order valence-electron chi connectivity index (χ3n) is 7.53. The van der Waals surface area contributed by atoms with Crippen molar-refractivity contribution in [3.63, 3.8) is 0 Å². The van der Waals surface area contributed by atoms with E-state index in [1.807, 2.05) is 0 Å². The van der Waals surface area contributed by atoms with Crippen LogP contribution in [0, 0.1) is 5.92 Å². The normalized spacial score (nSPS) is 13.6. The third kappa shape index (κ3) is 20.4. The topological polar surface area (TPSA) is 378 Å². The van der Waals surface area contributed by atoms with Crippen LogP contribution in [0.3, 0.4) is 0 Å². The summed E-state index contributed by atoms with van der Waals surface area (Å²) in [6.45, 7) is 7.57. The Morgan fingerprint density at radius 2 is 1.33 bits per heavy atom. The van der Waals surface area contributed by atoms with E-state index in [-0.39, 0.29) is 44.1 Å². The number of nitrogens with one attached hydrogen (secondary N) is 7. The number of nitrogens with zero attached hydrogens (tertiary/aromatic N) is 2. The Labute approximate surface area is 333 Å². The Morgan fingerprint density at radius 1 is 0.810 bits per heavy atom. The second-order valence-corrected chi connectivity index (χ2v) is 14.3. The summed E-state index contributed by atoms with van der Waals surface area (Å²) >= 11 is 0. The number of carbonyl (C=O) groups is 9. The van der Waals surface area contributed by atoms with Crippen molar-refractivity contribution in [1.82, 2.24) is 41.9 Å². The molecule has 0 saturated heterocycles. The van der Waals surface area contributed by atoms with Gasteiger partial charge in [-0.15, -0.1) is 0 Å². The minimum Gasteiger partial charge on any atom is -0.481 e. The maximum Gasteiger partial charge on any atom is 0.408 e. The Kier molecular flexibility index (Phi) is 20.7. The zero-order valence-electron chi connectivity index (χ0n) is 33.2. The molecule has 0 fully saturated rings. The number of carboxylic acids is 2. The third-order valence-corrected chi connectivity index (χ3v) is 7.53. The van der Waals surface area contributed by atoms with Crippen LogP contribution in [-0.4, -0.2) is 136 Å². The number of amides is 6. The van der Waals surface area contributed by atoms with Gasteiger partial charge in [0.1, 0.15) is 42.4 Å². The highest BCUT2D eigenvalue weighted by Crippen LogP contribution is 2.10. The molecule has 5 atom stereocenters. The van der Waals surface area contributed by atoms with Crippen molar-refractivity contribution in [2.45, 2.75) is 109 Å². The van der Waals surface area contributed by atoms with Crippen molar-refractivity contribution in [1.29, 1.82) is 0 Å². The van der Waals surface area contributed by atoms with Crippen LogP contribution < -0.4 is 43.4 Å². The molecule has 324 valence electrons. The molecule has 58 heavy (non-hydrogen) atoms. The quantitative estimate of drug-likeness (QED) is 0.0216. The summed E-state index contributed by atoms with van der Waals surface area (Å²) < 4.78 is 9.79. The van der Waals surface area contributed by atoms with Gasteiger partial charge >= 0.3 is 24.0 Å². The maximum absolute atomic E-state index is 13.9. The standard InChI is InChI=1S/C34H55N11O13/c1-17(2)10-23(31(55)57-6)45-30(54)22(13-26(49)50)44-28(52)20(11-18-14-37-16-40-18)43-27(51)19(8-7-9-38-32(35)36)42-29(53)21(12-25(47)48)41-24(46)15-39-33(56)58-34(3,4)5/h14,16-17,19-23H,7-13,15H2,1-6H3,(H,37,40)(H,39,56)(H,41,46)(H,42,53)(H,43,51)(H,44,52)(H,45,54)(H,47,48)(H,49,50)(H4,35,36,38). The number of esters is 1. The van der Waals surface area contributed by atoms with E-state index in [4.69, 9.17) is 20.9 Å². The number of ether oxygens (including phenoxy) is 2. The highest BCUT2D eigenvalue weighted by Gasteiger charge is 2.34. The van der Waals surface area contributed by atoms with Crippen LogP contribution in [0.4, 0.5) is 4.79 Å². The molecule has 1 heterocycles. The molecule has 0 saturated carbocycles. The van der Waals surface area contributed by atoms with Crippen LogP contribution in [0.15, 0.2) is 17.5 Å². The number of rotatable bonds is 24. The van der Waals surface area contributed by atoms with Crippen molar-refractivity contribution in [2.75, 3.05) is 20.2 Å². The molecular weight excluding hydrogens is 770 g/mol. The number of hydrogen-bond acceptors (Lipinski definition) is 13. The summed E-state index contributed by atoms with van der Waals surface area (Å²) in [4.78, 5) is 125. The lowest BCUT2D eigenvalue weighted by molar-refractivity contribution is -0.146. The summed E-state index contributed by atoms with van der Waals surface area (Å²) in [5, 5.41) is 32.9. The molecule has 5 unspecified atom stereocenters. The minimum absolute atomic E-state index is 0.0268. The second kappa shape index (κ2) is 24.2. The first kappa shape index (κ1) is 49.5. The number of imidazole rings is 1. The van der Waals surface area contributed by atoms with Crippen LogP contribution in [-0.2, 0) is 54.3 Å². The van der Waals surface area contributed by atoms with Crippen LogP contribution in [0.25, 0.3) is 0 Å². The number of aromatic amines is 1. The first-order valence-corrected chi connectivity index (χ1v) is 18.0. The van der Waals surface area contributed by atoms with Gasteiger partial charge in [-0.25, -0.2) is 14.6 Å². The van der Waals surface area contributed by atoms with Gasteiger partial charge in [0, 0.05) is 24.9 Å². The average molecular weight is 826 g/mol. The Hall–Kier alpha value is -6.49. The van der Waals surface area contributed by atoms with Gasteiger partial charge in [-0.2, -0.15) is 0 Å². The van der Waals surface area contributed by atoms with Crippen LogP contribution >= 0.6 is 0 Å². The number of guanidine groups is 1. The maximum atomic E-state index is 13.9. The molecule has 1 aromatic heterocycles. The number of H-pyrrole nitrogens is 1. The van der Waals surface area contributed by atoms with Gasteiger partial charge in [-0.3, -0.25) is 38.6 Å². The number of carboxylic acid groups (broad SMARTS) is 2. The number of aliphatic imine (C=N–C) groups is 1. The van der Waals surface area contributed by atoms with Crippen molar-refractivity contribution in [2.24, 2.45) is 22.4 Å². The second-order valence-electron chi connectivity index (χ2n) is 14.3. The average Bonchev–Trinajstić information content (AvgIpc) is 3.62. The number of carbonyl (C=O) groups excluding carboxylic acids is 7. The number of alkyl carbamates (subject to hydrolysis) is 1. The molecule has 24 nitrogen and oxygen atoms in total. The SMILES string of the molecule is COC(=O)C(CC(C)C)NC(=O)C(CC(=O)O)NC(=O)C(Cc1cnc[nH]1)NC(=O)C(CCCN=C(N)N)NC(=O)C(CC(=O)O)NC(=O)CNC(=O)OC(C)(C)C. The fourth-order valence-electron chi connectivity index (χ4n) is 4.99. The van der Waals surface area contributed by atoms with Gasteiger partial charge in [0.2, 0.25) is 29.5 Å². The van der Waals surface area contributed by atoms with Gasteiger partial charge in [0.15, 0.2) is 5.96 Å². The highest BCUT2D eigenvalue weighted by atomic mass is 16.6. The first-order chi connectivity index (χ1) is 27.0. The molecule has 0 aromatic carbocycles. The molecule has 6 amide bonds. The van der Waals surface area contributed by atoms with E-state index in [0.717, 1.165) is 7.11 Å². The summed E-state index contributed by atoms with van der Waals surface area (Å²) in [6, 6.07) is -7.77. The number of aliphatic carboxylic acids is 2. The Balaban J connectivity index is 3.40. The molecule has 0 aliphatic rings. The first-order valence-electron chi connectivity index (χ1n) is 18.0. The van der Waals surface area contributed by atoms with Gasteiger partial charge in [-0.05, 0) is 46.0 Å². The van der Waals surface area contributed by atoms with Crippen LogP contribution in [0.1, 0.15) is 72.4 Å². The van der Waals surface area contributed by atoms with E-state index >= 15 is 0 Å². The number of hydrogen-bond donors (Lipinski definition) is 11. The lowest BCUT2D eigenvalue weighted by atomic mass is 10.0. The summed E-state index contributed by atoms with van der Waals surface area (Å²) in [5.41, 5.74) is 10.2. The van der Waals surface area contributed by atoms with Crippen molar-refractivity contribution in [3.05, 3.63) is 18.2 Å². The van der Waals surface area contributed by atoms with Gasteiger partial charge < -0.3 is 68.0 Å². The molecule has 0 aliphatic heterocycles. The predicted molar refractivity (Wildman–Crippen MR) is 202 cm³/mol. The molecule has 24 heteroatoms. The van der Waals surface area contributed by atoms with E-state index < -0.39 is 109 Å². The molecule has 0 spiro atoms. The van der Waals surface area contributed by atoms with Crippen molar-refractivity contribution in [3.8, 4) is 0 Å². The lowest BCUT2D eigenvalue weighted by Crippen LogP contribution is -2.60.